The number of aromatic amines is 1. The van der Waals surface area contributed by atoms with Crippen LogP contribution in [0.3, 0.4) is 0 Å². The number of benzene rings is 2. The van der Waals surface area contributed by atoms with Gasteiger partial charge in [0.1, 0.15) is 0 Å². The Morgan fingerprint density at radius 2 is 1.60 bits per heavy atom. The van der Waals surface area contributed by atoms with Gasteiger partial charge in [-0.25, -0.2) is 18.1 Å². The lowest BCUT2D eigenvalue weighted by Gasteiger charge is -2.08. The van der Waals surface area contributed by atoms with Crippen molar-refractivity contribution in [2.45, 2.75) is 18.7 Å². The number of halogens is 1. The zero-order valence-electron chi connectivity index (χ0n) is 13.4. The third kappa shape index (κ3) is 5.42. The van der Waals surface area contributed by atoms with E-state index in [0.29, 0.717) is 10.6 Å². The first kappa shape index (κ1) is 17.7. The molecule has 0 bridgehead atoms. The number of aromatic nitrogens is 2. The van der Waals surface area contributed by atoms with Crippen LogP contribution in [0.2, 0.25) is 5.02 Å². The number of sulfonamides is 1. The molecule has 7 heteroatoms. The quantitative estimate of drug-likeness (QED) is 0.665. The van der Waals surface area contributed by atoms with Crippen LogP contribution >= 0.6 is 11.6 Å². The van der Waals surface area contributed by atoms with Gasteiger partial charge in [0.15, 0.2) is 0 Å². The second kappa shape index (κ2) is 7.82. The maximum Gasteiger partial charge on any atom is 0.216 e. The number of hydrogen-bond acceptors (Lipinski definition) is 3. The number of nitrogens with one attached hydrogen (secondary N) is 2. The predicted octanol–water partition coefficient (Wildman–Crippen LogP) is 3.27. The maximum atomic E-state index is 12.2. The fraction of sp³-hybridized carbons (Fsp3) is 0.167. The summed E-state index contributed by atoms with van der Waals surface area (Å²) >= 11 is 5.81. The number of imidazole rings is 1. The largest absolute Gasteiger partial charge is 0.351 e. The van der Waals surface area contributed by atoms with Crippen molar-refractivity contribution in [3.8, 4) is 0 Å². The molecule has 0 radical (unpaired) electrons. The van der Waals surface area contributed by atoms with Gasteiger partial charge < -0.3 is 4.98 Å². The van der Waals surface area contributed by atoms with Crippen LogP contribution in [-0.2, 0) is 28.7 Å². The molecule has 3 aromatic rings. The summed E-state index contributed by atoms with van der Waals surface area (Å²) < 4.78 is 27.0. The lowest BCUT2D eigenvalue weighted by Crippen LogP contribution is -2.24. The number of hydrogen-bond donors (Lipinski definition) is 2. The SMILES string of the molecule is O=S(=O)(Cc1ccc(Cl)cc1)NCc1ccc(Cc2c[nH]cn2)cc1. The standard InChI is InChI=1S/C18H18ClN3O2S/c19-17-7-5-16(6-8-17)12-25(23,24)22-10-15-3-1-14(2-4-15)9-18-11-20-13-21-18/h1-8,11,13,22H,9-10,12H2,(H,20,21). The summed E-state index contributed by atoms with van der Waals surface area (Å²) in [4.78, 5) is 7.12. The zero-order chi connectivity index (χ0) is 17.7. The van der Waals surface area contributed by atoms with E-state index in [2.05, 4.69) is 14.7 Å². The molecule has 2 aromatic carbocycles. The van der Waals surface area contributed by atoms with E-state index >= 15 is 0 Å². The van der Waals surface area contributed by atoms with Crippen molar-refractivity contribution in [1.29, 1.82) is 0 Å². The van der Waals surface area contributed by atoms with Crippen LogP contribution in [0.15, 0.2) is 61.1 Å². The molecule has 25 heavy (non-hydrogen) atoms. The average molecular weight is 376 g/mol. The molecule has 0 aliphatic carbocycles. The summed E-state index contributed by atoms with van der Waals surface area (Å²) in [5, 5.41) is 0.587. The summed E-state index contributed by atoms with van der Waals surface area (Å²) in [7, 11) is -3.40. The predicted molar refractivity (Wildman–Crippen MR) is 98.8 cm³/mol. The Morgan fingerprint density at radius 3 is 2.24 bits per heavy atom. The molecule has 130 valence electrons. The molecule has 1 heterocycles. The molecule has 5 nitrogen and oxygen atoms in total. The van der Waals surface area contributed by atoms with Crippen LogP contribution in [-0.4, -0.2) is 18.4 Å². The second-order valence-electron chi connectivity index (χ2n) is 5.76. The number of rotatable bonds is 7. The van der Waals surface area contributed by atoms with Crippen LogP contribution in [0.1, 0.15) is 22.4 Å². The van der Waals surface area contributed by atoms with Crippen molar-refractivity contribution in [3.63, 3.8) is 0 Å². The highest BCUT2D eigenvalue weighted by molar-refractivity contribution is 7.88. The van der Waals surface area contributed by atoms with Crippen LogP contribution in [0.4, 0.5) is 0 Å². The Hall–Kier alpha value is -2.15. The fourth-order valence-corrected chi connectivity index (χ4v) is 3.66. The Morgan fingerprint density at radius 1 is 0.960 bits per heavy atom. The van der Waals surface area contributed by atoms with E-state index in [9.17, 15) is 8.42 Å². The summed E-state index contributed by atoms with van der Waals surface area (Å²) in [6.45, 7) is 0.263. The lowest BCUT2D eigenvalue weighted by molar-refractivity contribution is 0.580. The minimum atomic E-state index is -3.40. The Balaban J connectivity index is 1.56. The van der Waals surface area contributed by atoms with Gasteiger partial charge >= 0.3 is 0 Å². The van der Waals surface area contributed by atoms with Gasteiger partial charge in [-0.1, -0.05) is 48.0 Å². The van der Waals surface area contributed by atoms with Crippen molar-refractivity contribution in [2.24, 2.45) is 0 Å². The maximum absolute atomic E-state index is 12.2. The van der Waals surface area contributed by atoms with Crippen molar-refractivity contribution < 1.29 is 8.42 Å². The summed E-state index contributed by atoms with van der Waals surface area (Å²) in [6, 6.07) is 14.6. The fourth-order valence-electron chi connectivity index (χ4n) is 2.42. The van der Waals surface area contributed by atoms with Gasteiger partial charge in [-0.3, -0.25) is 0 Å². The monoisotopic (exact) mass is 375 g/mol. The first-order valence-corrected chi connectivity index (χ1v) is 9.80. The minimum Gasteiger partial charge on any atom is -0.351 e. The zero-order valence-corrected chi connectivity index (χ0v) is 15.0. The van der Waals surface area contributed by atoms with Crippen LogP contribution in [0.25, 0.3) is 0 Å². The van der Waals surface area contributed by atoms with Crippen molar-refractivity contribution in [2.75, 3.05) is 0 Å². The molecule has 0 fully saturated rings. The van der Waals surface area contributed by atoms with E-state index < -0.39 is 10.0 Å². The summed E-state index contributed by atoms with van der Waals surface area (Å²) in [5.74, 6) is -0.0680. The lowest BCUT2D eigenvalue weighted by atomic mass is 10.1. The van der Waals surface area contributed by atoms with E-state index in [1.54, 1.807) is 30.6 Å². The van der Waals surface area contributed by atoms with Gasteiger partial charge in [0.25, 0.3) is 0 Å². The molecule has 0 aliphatic rings. The highest BCUT2D eigenvalue weighted by atomic mass is 35.5. The van der Waals surface area contributed by atoms with Gasteiger partial charge in [-0.05, 0) is 28.8 Å². The van der Waals surface area contributed by atoms with Crippen LogP contribution in [0.5, 0.6) is 0 Å². The molecule has 0 atom stereocenters. The van der Waals surface area contributed by atoms with Crippen molar-refractivity contribution >= 4 is 21.6 Å². The molecule has 1 aromatic heterocycles. The van der Waals surface area contributed by atoms with E-state index in [1.165, 1.54) is 0 Å². The molecule has 0 amide bonds. The Kier molecular flexibility index (Phi) is 5.53. The van der Waals surface area contributed by atoms with Crippen molar-refractivity contribution in [3.05, 3.63) is 88.5 Å². The molecular formula is C18H18ClN3O2S. The van der Waals surface area contributed by atoms with Gasteiger partial charge in [-0.2, -0.15) is 0 Å². The first-order chi connectivity index (χ1) is 12.0. The number of H-pyrrole nitrogens is 1. The molecular weight excluding hydrogens is 358 g/mol. The second-order valence-corrected chi connectivity index (χ2v) is 8.00. The average Bonchev–Trinajstić information content (AvgIpc) is 3.09. The van der Waals surface area contributed by atoms with Crippen molar-refractivity contribution in [1.82, 2.24) is 14.7 Å². The highest BCUT2D eigenvalue weighted by Gasteiger charge is 2.11. The van der Waals surface area contributed by atoms with Gasteiger partial charge in [0.05, 0.1) is 17.8 Å². The molecule has 0 saturated carbocycles. The van der Waals surface area contributed by atoms with E-state index in [-0.39, 0.29) is 12.3 Å². The highest BCUT2D eigenvalue weighted by Crippen LogP contribution is 2.13. The van der Waals surface area contributed by atoms with Gasteiger partial charge in [-0.15, -0.1) is 0 Å². The van der Waals surface area contributed by atoms with Crippen LogP contribution in [0, 0.1) is 0 Å². The van der Waals surface area contributed by atoms with Crippen LogP contribution < -0.4 is 4.72 Å². The van der Waals surface area contributed by atoms with Gasteiger partial charge in [0.2, 0.25) is 10.0 Å². The van der Waals surface area contributed by atoms with E-state index in [0.717, 1.165) is 23.2 Å². The summed E-state index contributed by atoms with van der Waals surface area (Å²) in [5.41, 5.74) is 3.70. The Bertz CT molecular complexity index is 906. The normalized spacial score (nSPS) is 11.6. The summed E-state index contributed by atoms with van der Waals surface area (Å²) in [6.07, 6.45) is 4.25. The molecule has 3 rings (SSSR count). The molecule has 0 unspecified atom stereocenters. The molecule has 0 spiro atoms. The third-order valence-electron chi connectivity index (χ3n) is 3.73. The van der Waals surface area contributed by atoms with E-state index in [4.69, 9.17) is 11.6 Å². The minimum absolute atomic E-state index is 0.0680. The Labute approximate surface area is 152 Å². The topological polar surface area (TPSA) is 74.8 Å². The first-order valence-electron chi connectivity index (χ1n) is 7.77. The van der Waals surface area contributed by atoms with E-state index in [1.807, 2.05) is 30.5 Å². The molecule has 2 N–H and O–H groups in total. The number of nitrogens with zero attached hydrogens (tertiary/aromatic N) is 1. The van der Waals surface area contributed by atoms with Gasteiger partial charge in [0, 0.05) is 24.2 Å². The third-order valence-corrected chi connectivity index (χ3v) is 5.28. The smallest absolute Gasteiger partial charge is 0.216 e. The molecule has 0 saturated heterocycles. The molecule has 0 aliphatic heterocycles.